The molecule has 0 spiro atoms. The van der Waals surface area contributed by atoms with Gasteiger partial charge in [0.25, 0.3) is 0 Å². The molecule has 1 atom stereocenters. The molecule has 1 unspecified atom stereocenters. The normalized spacial score (nSPS) is 21.3. The van der Waals surface area contributed by atoms with Gasteiger partial charge in [0.1, 0.15) is 12.1 Å². The lowest BCUT2D eigenvalue weighted by Gasteiger charge is -2.36. The molecule has 2 aromatic rings. The van der Waals surface area contributed by atoms with E-state index in [-0.39, 0.29) is 11.9 Å². The fraction of sp³-hybridized carbons (Fsp3) is 0.556. The molecule has 8 nitrogen and oxygen atoms in total. The number of nitrogens with zero attached hydrogens (tertiary/aromatic N) is 7. The van der Waals surface area contributed by atoms with E-state index in [4.69, 9.17) is 0 Å². The smallest absolute Gasteiger partial charge is 0.237 e. The highest BCUT2D eigenvalue weighted by atomic mass is 16.2. The molecule has 2 aliphatic heterocycles. The molecular formula is C18H25N7O. The molecule has 4 rings (SSSR count). The van der Waals surface area contributed by atoms with E-state index in [2.05, 4.69) is 25.0 Å². The van der Waals surface area contributed by atoms with Crippen LogP contribution < -0.4 is 4.90 Å². The molecule has 0 N–H and O–H groups in total. The van der Waals surface area contributed by atoms with Gasteiger partial charge >= 0.3 is 0 Å². The van der Waals surface area contributed by atoms with E-state index >= 15 is 0 Å². The third-order valence-electron chi connectivity index (χ3n) is 5.32. The van der Waals surface area contributed by atoms with Gasteiger partial charge in [-0.05, 0) is 25.0 Å². The summed E-state index contributed by atoms with van der Waals surface area (Å²) in [4.78, 5) is 23.8. The van der Waals surface area contributed by atoms with Gasteiger partial charge in [-0.15, -0.1) is 10.2 Å². The SMILES string of the molecule is Cn1cnnc1C1CCCN1C(=O)CN1CCN(c2ccccn2)CC1. The highest BCUT2D eigenvalue weighted by molar-refractivity contribution is 5.79. The summed E-state index contributed by atoms with van der Waals surface area (Å²) in [5.74, 6) is 2.10. The summed E-state index contributed by atoms with van der Waals surface area (Å²) in [7, 11) is 1.94. The Balaban J connectivity index is 1.33. The van der Waals surface area contributed by atoms with Crippen molar-refractivity contribution in [1.82, 2.24) is 29.5 Å². The first-order valence-corrected chi connectivity index (χ1v) is 9.24. The van der Waals surface area contributed by atoms with E-state index in [0.29, 0.717) is 6.54 Å². The summed E-state index contributed by atoms with van der Waals surface area (Å²) in [6.45, 7) is 4.85. The quantitative estimate of drug-likeness (QED) is 0.804. The number of amides is 1. The van der Waals surface area contributed by atoms with Gasteiger partial charge in [-0.3, -0.25) is 9.69 Å². The Bertz CT molecular complexity index is 739. The number of anilines is 1. The molecule has 2 fully saturated rings. The van der Waals surface area contributed by atoms with Gasteiger partial charge in [0, 0.05) is 46.0 Å². The Hall–Kier alpha value is -2.48. The van der Waals surface area contributed by atoms with E-state index in [9.17, 15) is 4.79 Å². The van der Waals surface area contributed by atoms with Crippen LogP contribution in [0.4, 0.5) is 5.82 Å². The van der Waals surface area contributed by atoms with Gasteiger partial charge in [0.15, 0.2) is 5.82 Å². The summed E-state index contributed by atoms with van der Waals surface area (Å²) in [5.41, 5.74) is 0. The van der Waals surface area contributed by atoms with Crippen molar-refractivity contribution in [2.24, 2.45) is 7.05 Å². The first-order chi connectivity index (χ1) is 12.7. The second kappa shape index (κ2) is 7.41. The monoisotopic (exact) mass is 355 g/mol. The first-order valence-electron chi connectivity index (χ1n) is 9.24. The second-order valence-electron chi connectivity index (χ2n) is 7.00. The number of hydrogen-bond acceptors (Lipinski definition) is 6. The first kappa shape index (κ1) is 17.0. The number of rotatable bonds is 4. The maximum absolute atomic E-state index is 12.9. The lowest BCUT2D eigenvalue weighted by atomic mass is 10.2. The third-order valence-corrected chi connectivity index (χ3v) is 5.32. The van der Waals surface area contributed by atoms with Crippen LogP contribution in [-0.4, -0.2) is 74.7 Å². The Kier molecular flexibility index (Phi) is 4.83. The number of hydrogen-bond donors (Lipinski definition) is 0. The summed E-state index contributed by atoms with van der Waals surface area (Å²) in [5, 5.41) is 8.18. The van der Waals surface area contributed by atoms with Crippen molar-refractivity contribution in [3.8, 4) is 0 Å². The Labute approximate surface area is 153 Å². The van der Waals surface area contributed by atoms with Crippen LogP contribution in [0, 0.1) is 0 Å². The summed E-state index contributed by atoms with van der Waals surface area (Å²) in [6.07, 6.45) is 5.51. The molecule has 2 aromatic heterocycles. The van der Waals surface area contributed by atoms with Gasteiger partial charge in [-0.2, -0.15) is 0 Å². The van der Waals surface area contributed by atoms with Crippen molar-refractivity contribution in [1.29, 1.82) is 0 Å². The van der Waals surface area contributed by atoms with Crippen LogP contribution in [0.25, 0.3) is 0 Å². The van der Waals surface area contributed by atoms with Gasteiger partial charge in [-0.1, -0.05) is 6.07 Å². The molecule has 0 aromatic carbocycles. The minimum atomic E-state index is 0.0600. The number of aryl methyl sites for hydroxylation is 1. The van der Waals surface area contributed by atoms with Crippen molar-refractivity contribution < 1.29 is 4.79 Å². The van der Waals surface area contributed by atoms with Crippen molar-refractivity contribution in [3.05, 3.63) is 36.5 Å². The molecule has 0 bridgehead atoms. The highest BCUT2D eigenvalue weighted by Gasteiger charge is 2.33. The maximum atomic E-state index is 12.9. The third kappa shape index (κ3) is 3.41. The van der Waals surface area contributed by atoms with Crippen molar-refractivity contribution in [3.63, 3.8) is 0 Å². The second-order valence-corrected chi connectivity index (χ2v) is 7.00. The van der Waals surface area contributed by atoms with E-state index in [1.165, 1.54) is 0 Å². The number of likely N-dealkylation sites (tertiary alicyclic amines) is 1. The molecule has 0 radical (unpaired) electrons. The molecule has 26 heavy (non-hydrogen) atoms. The predicted octanol–water partition coefficient (Wildman–Crippen LogP) is 0.696. The van der Waals surface area contributed by atoms with Crippen LogP contribution in [-0.2, 0) is 11.8 Å². The summed E-state index contributed by atoms with van der Waals surface area (Å²) >= 11 is 0. The number of carbonyl (C=O) groups is 1. The number of piperazine rings is 1. The van der Waals surface area contributed by atoms with Crippen LogP contribution in [0.15, 0.2) is 30.7 Å². The fourth-order valence-corrected chi connectivity index (χ4v) is 3.89. The van der Waals surface area contributed by atoms with Crippen LogP contribution >= 0.6 is 0 Å². The lowest BCUT2D eigenvalue weighted by Crippen LogP contribution is -2.50. The average molecular weight is 355 g/mol. The summed E-state index contributed by atoms with van der Waals surface area (Å²) < 4.78 is 1.92. The van der Waals surface area contributed by atoms with Gasteiger partial charge < -0.3 is 14.4 Å². The van der Waals surface area contributed by atoms with Crippen molar-refractivity contribution in [2.45, 2.75) is 18.9 Å². The van der Waals surface area contributed by atoms with Crippen molar-refractivity contribution >= 4 is 11.7 Å². The Morgan fingerprint density at radius 3 is 2.73 bits per heavy atom. The standard InChI is InChI=1S/C18H25N7O/c1-22-14-20-21-18(22)15-5-4-8-25(15)17(26)13-23-9-11-24(12-10-23)16-6-2-3-7-19-16/h2-3,6-7,14-15H,4-5,8-13H2,1H3. The number of carbonyl (C=O) groups excluding carboxylic acids is 1. The van der Waals surface area contributed by atoms with Crippen molar-refractivity contribution in [2.75, 3.05) is 44.2 Å². The average Bonchev–Trinajstić information content (AvgIpc) is 3.31. The number of aromatic nitrogens is 4. The van der Waals surface area contributed by atoms with Gasteiger partial charge in [-0.25, -0.2) is 4.98 Å². The van der Waals surface area contributed by atoms with Crippen LogP contribution in [0.5, 0.6) is 0 Å². The Morgan fingerprint density at radius 2 is 2.04 bits per heavy atom. The molecule has 0 aliphatic carbocycles. The van der Waals surface area contributed by atoms with E-state index in [1.54, 1.807) is 6.33 Å². The van der Waals surface area contributed by atoms with Gasteiger partial charge in [0.2, 0.25) is 5.91 Å². The molecule has 4 heterocycles. The zero-order valence-corrected chi connectivity index (χ0v) is 15.2. The molecule has 1 amide bonds. The van der Waals surface area contributed by atoms with E-state index < -0.39 is 0 Å². The molecule has 0 saturated carbocycles. The van der Waals surface area contributed by atoms with Crippen LogP contribution in [0.3, 0.4) is 0 Å². The highest BCUT2D eigenvalue weighted by Crippen LogP contribution is 2.30. The fourth-order valence-electron chi connectivity index (χ4n) is 3.89. The minimum Gasteiger partial charge on any atom is -0.354 e. The topological polar surface area (TPSA) is 70.4 Å². The summed E-state index contributed by atoms with van der Waals surface area (Å²) in [6, 6.07) is 6.04. The predicted molar refractivity (Wildman–Crippen MR) is 97.6 cm³/mol. The maximum Gasteiger partial charge on any atom is 0.237 e. The molecule has 138 valence electrons. The molecular weight excluding hydrogens is 330 g/mol. The minimum absolute atomic E-state index is 0.0600. The zero-order valence-electron chi connectivity index (χ0n) is 15.2. The molecule has 8 heteroatoms. The van der Waals surface area contributed by atoms with Crippen LogP contribution in [0.1, 0.15) is 24.7 Å². The lowest BCUT2D eigenvalue weighted by molar-refractivity contribution is -0.133. The van der Waals surface area contributed by atoms with E-state index in [1.807, 2.05) is 40.9 Å². The molecule has 2 saturated heterocycles. The van der Waals surface area contributed by atoms with Crippen LogP contribution in [0.2, 0.25) is 0 Å². The molecule has 2 aliphatic rings. The van der Waals surface area contributed by atoms with E-state index in [0.717, 1.165) is 57.2 Å². The van der Waals surface area contributed by atoms with Gasteiger partial charge in [0.05, 0.1) is 12.6 Å². The Morgan fingerprint density at radius 1 is 1.19 bits per heavy atom. The largest absolute Gasteiger partial charge is 0.354 e. The number of pyridine rings is 1. The zero-order chi connectivity index (χ0) is 17.9.